The lowest BCUT2D eigenvalue weighted by atomic mass is 9.84. The van der Waals surface area contributed by atoms with Crippen LogP contribution in [-0.2, 0) is 16.4 Å². The second-order valence-corrected chi connectivity index (χ2v) is 7.92. The minimum absolute atomic E-state index is 0.0866. The zero-order valence-corrected chi connectivity index (χ0v) is 16.0. The smallest absolute Gasteiger partial charge is 0.354 e. The number of amides is 2. The highest BCUT2D eigenvalue weighted by molar-refractivity contribution is 7.10. The lowest BCUT2D eigenvalue weighted by molar-refractivity contribution is -0.137. The van der Waals surface area contributed by atoms with Gasteiger partial charge in [-0.3, -0.25) is 9.59 Å². The average Bonchev–Trinajstić information content (AvgIpc) is 3.36. The quantitative estimate of drug-likeness (QED) is 0.753. The molecule has 28 heavy (non-hydrogen) atoms. The Kier molecular flexibility index (Phi) is 6.07. The Hall–Kier alpha value is -2.35. The second-order valence-electron chi connectivity index (χ2n) is 6.97. The van der Waals surface area contributed by atoms with Crippen LogP contribution in [0.15, 0.2) is 41.8 Å². The van der Waals surface area contributed by atoms with E-state index in [1.165, 1.54) is 17.0 Å². The van der Waals surface area contributed by atoms with Crippen LogP contribution >= 0.6 is 11.3 Å². The van der Waals surface area contributed by atoms with Crippen molar-refractivity contribution < 1.29 is 22.8 Å². The van der Waals surface area contributed by atoms with Crippen molar-refractivity contribution in [3.8, 4) is 0 Å². The molecular weight excluding hydrogens is 389 g/mol. The monoisotopic (exact) mass is 410 g/mol. The van der Waals surface area contributed by atoms with Crippen LogP contribution in [0.4, 0.5) is 13.2 Å². The molecule has 2 amide bonds. The van der Waals surface area contributed by atoms with Gasteiger partial charge in [0.2, 0.25) is 5.91 Å². The van der Waals surface area contributed by atoms with E-state index in [1.54, 1.807) is 11.3 Å². The summed E-state index contributed by atoms with van der Waals surface area (Å²) in [6.07, 6.45) is -0.471. The van der Waals surface area contributed by atoms with Crippen molar-refractivity contribution in [2.24, 2.45) is 0 Å². The van der Waals surface area contributed by atoms with Gasteiger partial charge in [0, 0.05) is 16.8 Å². The zero-order chi connectivity index (χ0) is 20.2. The molecule has 0 spiro atoms. The molecule has 150 valence electrons. The number of nitrogens with one attached hydrogen (secondary N) is 2. The molecule has 1 aliphatic rings. The molecule has 1 aliphatic carbocycles. The van der Waals surface area contributed by atoms with Crippen LogP contribution < -0.4 is 10.6 Å². The van der Waals surface area contributed by atoms with E-state index in [2.05, 4.69) is 16.7 Å². The number of halogens is 3. The number of hydrogen-bond donors (Lipinski definition) is 2. The summed E-state index contributed by atoms with van der Waals surface area (Å²) >= 11 is 1.66. The molecule has 0 bridgehead atoms. The van der Waals surface area contributed by atoms with Crippen LogP contribution in [0, 0.1) is 0 Å². The third-order valence-corrected chi connectivity index (χ3v) is 6.23. The molecule has 0 unspecified atom stereocenters. The van der Waals surface area contributed by atoms with Crippen molar-refractivity contribution >= 4 is 23.2 Å². The molecule has 0 atom stereocenters. The molecule has 1 aromatic heterocycles. The first-order valence-corrected chi connectivity index (χ1v) is 9.95. The van der Waals surface area contributed by atoms with Gasteiger partial charge in [0.25, 0.3) is 5.91 Å². The maximum atomic E-state index is 13.0. The number of benzene rings is 1. The molecule has 2 N–H and O–H groups in total. The topological polar surface area (TPSA) is 58.2 Å². The minimum atomic E-state index is -4.63. The Morgan fingerprint density at radius 1 is 1.04 bits per heavy atom. The first-order chi connectivity index (χ1) is 13.3. The van der Waals surface area contributed by atoms with Gasteiger partial charge in [-0.05, 0) is 36.4 Å². The van der Waals surface area contributed by atoms with Crippen molar-refractivity contribution in [3.05, 3.63) is 57.8 Å². The Bertz CT molecular complexity index is 828. The lowest BCUT2D eigenvalue weighted by Gasteiger charge is -2.28. The fourth-order valence-electron chi connectivity index (χ4n) is 3.66. The minimum Gasteiger partial charge on any atom is -0.354 e. The Morgan fingerprint density at radius 2 is 1.75 bits per heavy atom. The van der Waals surface area contributed by atoms with Gasteiger partial charge in [0.05, 0.1) is 17.7 Å². The van der Waals surface area contributed by atoms with Crippen molar-refractivity contribution in [1.29, 1.82) is 0 Å². The highest BCUT2D eigenvalue weighted by Gasteiger charge is 2.37. The molecule has 0 saturated heterocycles. The van der Waals surface area contributed by atoms with E-state index in [0.29, 0.717) is 6.54 Å². The summed E-state index contributed by atoms with van der Waals surface area (Å²) in [7, 11) is 0. The highest BCUT2D eigenvalue weighted by Crippen LogP contribution is 2.42. The van der Waals surface area contributed by atoms with Gasteiger partial charge in [-0.25, -0.2) is 0 Å². The molecule has 1 heterocycles. The highest BCUT2D eigenvalue weighted by atomic mass is 32.1. The van der Waals surface area contributed by atoms with E-state index < -0.39 is 29.1 Å². The van der Waals surface area contributed by atoms with Crippen LogP contribution in [0.5, 0.6) is 0 Å². The third-order valence-electron chi connectivity index (χ3n) is 5.12. The molecule has 8 heteroatoms. The van der Waals surface area contributed by atoms with Gasteiger partial charge in [-0.1, -0.05) is 31.0 Å². The van der Waals surface area contributed by atoms with Gasteiger partial charge in [0.15, 0.2) is 0 Å². The number of rotatable bonds is 6. The van der Waals surface area contributed by atoms with Crippen LogP contribution in [-0.4, -0.2) is 24.9 Å². The van der Waals surface area contributed by atoms with E-state index in [0.717, 1.165) is 37.8 Å². The van der Waals surface area contributed by atoms with E-state index in [4.69, 9.17) is 0 Å². The normalized spacial score (nSPS) is 16.0. The molecular formula is C20H21F3N2O2S. The van der Waals surface area contributed by atoms with Crippen LogP contribution in [0.1, 0.15) is 46.5 Å². The SMILES string of the molecule is O=C(CNC(=O)c1ccccc1C(F)(F)F)NCC1(c2cccs2)CCCC1. The van der Waals surface area contributed by atoms with Crippen LogP contribution in [0.2, 0.25) is 0 Å². The number of alkyl halides is 3. The molecule has 2 aromatic rings. The standard InChI is InChI=1S/C20H21F3N2O2S/c21-20(22,23)15-7-2-1-6-14(15)18(27)24-12-17(26)25-13-19(9-3-4-10-19)16-8-5-11-28-16/h1-2,5-8,11H,3-4,9-10,12-13H2,(H,24,27)(H,25,26). The lowest BCUT2D eigenvalue weighted by Crippen LogP contribution is -2.43. The summed E-state index contributed by atoms with van der Waals surface area (Å²) in [6.45, 7) is 0.0902. The molecule has 0 aliphatic heterocycles. The molecule has 1 saturated carbocycles. The molecule has 3 rings (SSSR count). The fraction of sp³-hybridized carbons (Fsp3) is 0.400. The van der Waals surface area contributed by atoms with Crippen molar-refractivity contribution in [1.82, 2.24) is 10.6 Å². The summed E-state index contributed by atoms with van der Waals surface area (Å²) in [5.41, 5.74) is -1.60. The molecule has 0 radical (unpaired) electrons. The first kappa shape index (κ1) is 20.4. The maximum absolute atomic E-state index is 13.0. The third kappa shape index (κ3) is 4.55. The van der Waals surface area contributed by atoms with Crippen LogP contribution in [0.25, 0.3) is 0 Å². The average molecular weight is 410 g/mol. The van der Waals surface area contributed by atoms with Gasteiger partial charge in [-0.15, -0.1) is 11.3 Å². The Labute approximate surface area is 165 Å². The summed E-state index contributed by atoms with van der Waals surface area (Å²) in [5, 5.41) is 7.13. The summed E-state index contributed by atoms with van der Waals surface area (Å²) in [4.78, 5) is 25.6. The number of carbonyl (C=O) groups is 2. The molecule has 1 aromatic carbocycles. The summed E-state index contributed by atoms with van der Waals surface area (Å²) in [5.74, 6) is -1.34. The van der Waals surface area contributed by atoms with Crippen molar-refractivity contribution in [2.45, 2.75) is 37.3 Å². The fourth-order valence-corrected chi connectivity index (χ4v) is 4.64. The number of hydrogen-bond acceptors (Lipinski definition) is 3. The first-order valence-electron chi connectivity index (χ1n) is 9.07. The summed E-state index contributed by atoms with van der Waals surface area (Å²) < 4.78 is 39.1. The predicted molar refractivity (Wildman–Crippen MR) is 101 cm³/mol. The van der Waals surface area contributed by atoms with Gasteiger partial charge in [0.1, 0.15) is 0 Å². The second kappa shape index (κ2) is 8.34. The van der Waals surface area contributed by atoms with Gasteiger partial charge in [-0.2, -0.15) is 13.2 Å². The number of carbonyl (C=O) groups excluding carboxylic acids is 2. The Balaban J connectivity index is 1.57. The molecule has 1 fully saturated rings. The summed E-state index contributed by atoms with van der Waals surface area (Å²) in [6, 6.07) is 8.57. The Morgan fingerprint density at radius 3 is 2.39 bits per heavy atom. The maximum Gasteiger partial charge on any atom is 0.417 e. The van der Waals surface area contributed by atoms with Crippen LogP contribution in [0.3, 0.4) is 0 Å². The van der Waals surface area contributed by atoms with E-state index in [-0.39, 0.29) is 12.0 Å². The van der Waals surface area contributed by atoms with Gasteiger partial charge >= 0.3 is 6.18 Å². The van der Waals surface area contributed by atoms with E-state index in [9.17, 15) is 22.8 Å². The zero-order valence-electron chi connectivity index (χ0n) is 15.1. The largest absolute Gasteiger partial charge is 0.417 e. The van der Waals surface area contributed by atoms with E-state index in [1.807, 2.05) is 11.4 Å². The van der Waals surface area contributed by atoms with E-state index >= 15 is 0 Å². The molecule has 4 nitrogen and oxygen atoms in total. The van der Waals surface area contributed by atoms with Gasteiger partial charge < -0.3 is 10.6 Å². The predicted octanol–water partition coefficient (Wildman–Crippen LogP) is 4.12. The number of thiophene rings is 1. The van der Waals surface area contributed by atoms with Crippen molar-refractivity contribution in [3.63, 3.8) is 0 Å². The van der Waals surface area contributed by atoms with Crippen molar-refractivity contribution in [2.75, 3.05) is 13.1 Å².